The lowest BCUT2D eigenvalue weighted by molar-refractivity contribution is -0.140. The summed E-state index contributed by atoms with van der Waals surface area (Å²) >= 11 is 0. The molecule has 0 saturated heterocycles. The Balaban J connectivity index is 1.63. The van der Waals surface area contributed by atoms with Gasteiger partial charge in [0.25, 0.3) is 0 Å². The van der Waals surface area contributed by atoms with Gasteiger partial charge in [0.05, 0.1) is 6.54 Å². The van der Waals surface area contributed by atoms with E-state index in [4.69, 9.17) is 0 Å². The fraction of sp³-hybridized carbons (Fsp3) is 0.318. The molecule has 0 fully saturated rings. The van der Waals surface area contributed by atoms with Crippen molar-refractivity contribution in [3.8, 4) is 0 Å². The van der Waals surface area contributed by atoms with Crippen molar-refractivity contribution in [3.63, 3.8) is 0 Å². The van der Waals surface area contributed by atoms with Gasteiger partial charge in [-0.1, -0.05) is 49.4 Å². The molecule has 1 aliphatic heterocycles. The molecule has 1 unspecified atom stereocenters. The van der Waals surface area contributed by atoms with Crippen LogP contribution in [0.4, 0.5) is 5.69 Å². The van der Waals surface area contributed by atoms with Gasteiger partial charge >= 0.3 is 0 Å². The number of aryl methyl sites for hydroxylation is 1. The van der Waals surface area contributed by atoms with E-state index in [0.29, 0.717) is 13.0 Å². The molecule has 1 heterocycles. The Morgan fingerprint density at radius 2 is 1.71 bits per heavy atom. The number of carbonyl (C=O) groups excluding carboxylic acids is 3. The molecule has 0 saturated carbocycles. The fourth-order valence-electron chi connectivity index (χ4n) is 3.52. The predicted octanol–water partition coefficient (Wildman–Crippen LogP) is 2.28. The highest BCUT2D eigenvalue weighted by Gasteiger charge is 2.33. The summed E-state index contributed by atoms with van der Waals surface area (Å²) in [5.74, 6) is -0.764. The topological polar surface area (TPSA) is 78.5 Å². The van der Waals surface area contributed by atoms with Crippen molar-refractivity contribution in [1.82, 2.24) is 10.2 Å². The number of hydrogen-bond acceptors (Lipinski definition) is 3. The van der Waals surface area contributed by atoms with E-state index in [0.717, 1.165) is 28.8 Å². The van der Waals surface area contributed by atoms with Gasteiger partial charge in [0.15, 0.2) is 0 Å². The molecule has 6 nitrogen and oxygen atoms in total. The first-order valence-corrected chi connectivity index (χ1v) is 9.49. The molecule has 146 valence electrons. The first kappa shape index (κ1) is 19.6. The van der Waals surface area contributed by atoms with Crippen LogP contribution in [-0.2, 0) is 33.8 Å². The van der Waals surface area contributed by atoms with E-state index < -0.39 is 6.04 Å². The fourth-order valence-corrected chi connectivity index (χ4v) is 3.52. The highest BCUT2D eigenvalue weighted by molar-refractivity contribution is 5.96. The van der Waals surface area contributed by atoms with Crippen LogP contribution in [0.25, 0.3) is 0 Å². The summed E-state index contributed by atoms with van der Waals surface area (Å²) in [4.78, 5) is 38.6. The second-order valence-electron chi connectivity index (χ2n) is 6.91. The Morgan fingerprint density at radius 3 is 2.43 bits per heavy atom. The highest BCUT2D eigenvalue weighted by atomic mass is 16.2. The molecule has 6 heteroatoms. The van der Waals surface area contributed by atoms with Crippen LogP contribution in [0.5, 0.6) is 0 Å². The largest absolute Gasteiger partial charge is 0.345 e. The Morgan fingerprint density at radius 1 is 1.04 bits per heavy atom. The zero-order chi connectivity index (χ0) is 20.1. The van der Waals surface area contributed by atoms with Gasteiger partial charge in [0, 0.05) is 25.6 Å². The minimum atomic E-state index is -0.608. The second-order valence-corrected chi connectivity index (χ2v) is 6.91. The van der Waals surface area contributed by atoms with Crippen LogP contribution in [0.3, 0.4) is 0 Å². The third kappa shape index (κ3) is 4.39. The Bertz CT molecular complexity index is 894. The van der Waals surface area contributed by atoms with Crippen molar-refractivity contribution in [3.05, 3.63) is 65.2 Å². The van der Waals surface area contributed by atoms with Gasteiger partial charge in [-0.15, -0.1) is 0 Å². The molecule has 1 aliphatic rings. The van der Waals surface area contributed by atoms with Gasteiger partial charge in [-0.05, 0) is 29.2 Å². The number of nitrogens with zero attached hydrogens (tertiary/aromatic N) is 1. The number of amides is 3. The molecule has 0 spiro atoms. The third-order valence-electron chi connectivity index (χ3n) is 5.05. The molecule has 0 bridgehead atoms. The molecule has 2 aromatic carbocycles. The maximum atomic E-state index is 12.7. The van der Waals surface area contributed by atoms with E-state index in [-0.39, 0.29) is 24.3 Å². The lowest BCUT2D eigenvalue weighted by atomic mass is 9.93. The monoisotopic (exact) mass is 379 g/mol. The number of benzene rings is 2. The zero-order valence-electron chi connectivity index (χ0n) is 16.2. The van der Waals surface area contributed by atoms with E-state index in [2.05, 4.69) is 10.6 Å². The van der Waals surface area contributed by atoms with Crippen LogP contribution in [-0.4, -0.2) is 35.2 Å². The van der Waals surface area contributed by atoms with Crippen molar-refractivity contribution in [2.45, 2.75) is 39.3 Å². The van der Waals surface area contributed by atoms with Crippen molar-refractivity contribution >= 4 is 23.4 Å². The number of hydrogen-bond donors (Lipinski definition) is 2. The predicted molar refractivity (Wildman–Crippen MR) is 108 cm³/mol. The van der Waals surface area contributed by atoms with Crippen molar-refractivity contribution in [1.29, 1.82) is 0 Å². The summed E-state index contributed by atoms with van der Waals surface area (Å²) in [7, 11) is 0. The van der Waals surface area contributed by atoms with Gasteiger partial charge in [0.1, 0.15) is 6.04 Å². The van der Waals surface area contributed by atoms with Gasteiger partial charge < -0.3 is 15.5 Å². The SMILES string of the molecule is CCc1ccccc1NC(=O)CNC(=O)C1Cc2ccccc2CN1C(C)=O. The number of carbonyl (C=O) groups is 3. The van der Waals surface area contributed by atoms with E-state index in [1.54, 1.807) is 4.90 Å². The van der Waals surface area contributed by atoms with E-state index >= 15 is 0 Å². The van der Waals surface area contributed by atoms with Crippen LogP contribution in [0.15, 0.2) is 48.5 Å². The maximum absolute atomic E-state index is 12.7. The Kier molecular flexibility index (Phi) is 6.09. The van der Waals surface area contributed by atoms with E-state index in [1.165, 1.54) is 6.92 Å². The molecule has 3 amide bonds. The molecule has 0 aromatic heterocycles. The second kappa shape index (κ2) is 8.69. The zero-order valence-corrected chi connectivity index (χ0v) is 16.2. The molecule has 1 atom stereocenters. The third-order valence-corrected chi connectivity index (χ3v) is 5.05. The molecule has 2 N–H and O–H groups in total. The summed E-state index contributed by atoms with van der Waals surface area (Å²) in [6.07, 6.45) is 1.25. The van der Waals surface area contributed by atoms with Crippen LogP contribution >= 0.6 is 0 Å². The molecule has 0 radical (unpaired) electrons. The lowest BCUT2D eigenvalue weighted by Gasteiger charge is -2.35. The van der Waals surface area contributed by atoms with Crippen LogP contribution < -0.4 is 10.6 Å². The first-order chi connectivity index (χ1) is 13.5. The number of para-hydroxylation sites is 1. The van der Waals surface area contributed by atoms with Gasteiger partial charge in [-0.2, -0.15) is 0 Å². The van der Waals surface area contributed by atoms with Gasteiger partial charge in [-0.25, -0.2) is 0 Å². The van der Waals surface area contributed by atoms with Gasteiger partial charge in [-0.3, -0.25) is 14.4 Å². The average molecular weight is 379 g/mol. The van der Waals surface area contributed by atoms with E-state index in [9.17, 15) is 14.4 Å². The Hall–Kier alpha value is -3.15. The van der Waals surface area contributed by atoms with E-state index in [1.807, 2.05) is 55.5 Å². The van der Waals surface area contributed by atoms with Crippen molar-refractivity contribution in [2.75, 3.05) is 11.9 Å². The maximum Gasteiger partial charge on any atom is 0.243 e. The molecule has 3 rings (SSSR count). The minimum absolute atomic E-state index is 0.138. The summed E-state index contributed by atoms with van der Waals surface area (Å²) < 4.78 is 0. The van der Waals surface area contributed by atoms with Crippen LogP contribution in [0.2, 0.25) is 0 Å². The summed E-state index contributed by atoms with van der Waals surface area (Å²) in [6, 6.07) is 14.8. The molecule has 0 aliphatic carbocycles. The number of fused-ring (bicyclic) bond motifs is 1. The molecule has 2 aromatic rings. The smallest absolute Gasteiger partial charge is 0.243 e. The molecular formula is C22H25N3O3. The van der Waals surface area contributed by atoms with Crippen molar-refractivity contribution in [2.24, 2.45) is 0 Å². The van der Waals surface area contributed by atoms with Gasteiger partial charge in [0.2, 0.25) is 17.7 Å². The quantitative estimate of drug-likeness (QED) is 0.837. The molecular weight excluding hydrogens is 354 g/mol. The minimum Gasteiger partial charge on any atom is -0.345 e. The number of rotatable bonds is 5. The number of anilines is 1. The standard InChI is InChI=1S/C22H25N3O3/c1-3-16-8-6-7-11-19(16)24-21(27)13-23-22(28)20-12-17-9-4-5-10-18(17)14-25(20)15(2)26/h4-11,20H,3,12-14H2,1-2H3,(H,23,28)(H,24,27). The van der Waals surface area contributed by atoms with Crippen LogP contribution in [0, 0.1) is 0 Å². The summed E-state index contributed by atoms with van der Waals surface area (Å²) in [6.45, 7) is 3.74. The normalized spacial score (nSPS) is 15.5. The Labute approximate surface area is 164 Å². The molecule has 28 heavy (non-hydrogen) atoms. The van der Waals surface area contributed by atoms with Crippen molar-refractivity contribution < 1.29 is 14.4 Å². The summed E-state index contributed by atoms with van der Waals surface area (Å²) in [5, 5.41) is 5.52. The first-order valence-electron chi connectivity index (χ1n) is 9.49. The highest BCUT2D eigenvalue weighted by Crippen LogP contribution is 2.23. The average Bonchev–Trinajstić information content (AvgIpc) is 2.71. The van der Waals surface area contributed by atoms with Crippen LogP contribution in [0.1, 0.15) is 30.5 Å². The number of nitrogens with one attached hydrogen (secondary N) is 2. The lowest BCUT2D eigenvalue weighted by Crippen LogP contribution is -2.52. The summed E-state index contributed by atoms with van der Waals surface area (Å²) in [5.41, 5.74) is 3.90.